The fourth-order valence-electron chi connectivity index (χ4n) is 3.70. The molecule has 3 aromatic rings. The predicted molar refractivity (Wildman–Crippen MR) is 94.7 cm³/mol. The van der Waals surface area contributed by atoms with E-state index in [4.69, 9.17) is 0 Å². The van der Waals surface area contributed by atoms with Gasteiger partial charge < -0.3 is 19.4 Å². The summed E-state index contributed by atoms with van der Waals surface area (Å²) in [5.74, 6) is 0.826. The molecule has 8 nitrogen and oxygen atoms in total. The van der Waals surface area contributed by atoms with Gasteiger partial charge in [0.25, 0.3) is 5.91 Å². The van der Waals surface area contributed by atoms with Crippen LogP contribution in [0.25, 0.3) is 5.65 Å². The molecule has 1 fully saturated rings. The Kier molecular flexibility index (Phi) is 4.20. The van der Waals surface area contributed by atoms with Gasteiger partial charge in [-0.3, -0.25) is 4.79 Å². The van der Waals surface area contributed by atoms with Gasteiger partial charge in [-0.05, 0) is 37.5 Å². The second kappa shape index (κ2) is 6.53. The van der Waals surface area contributed by atoms with Crippen LogP contribution in [0, 0.1) is 12.8 Å². The SMILES string of the molecule is Cc1ccn2cc(C(=O)NC[C@H]3C[C@H](c4nncn4C)C[C@H]3O)nc2c1. The van der Waals surface area contributed by atoms with Crippen LogP contribution in [0.5, 0.6) is 0 Å². The highest BCUT2D eigenvalue weighted by atomic mass is 16.3. The van der Waals surface area contributed by atoms with Crippen LogP contribution < -0.4 is 5.32 Å². The van der Waals surface area contributed by atoms with Crippen molar-refractivity contribution < 1.29 is 9.90 Å². The maximum absolute atomic E-state index is 12.4. The second-order valence-corrected chi connectivity index (χ2v) is 7.10. The van der Waals surface area contributed by atoms with Crippen LogP contribution in [-0.2, 0) is 7.05 Å². The van der Waals surface area contributed by atoms with E-state index in [1.807, 2.05) is 41.3 Å². The average Bonchev–Trinajstić information content (AvgIpc) is 3.30. The van der Waals surface area contributed by atoms with Crippen molar-refractivity contribution >= 4 is 11.6 Å². The van der Waals surface area contributed by atoms with Crippen molar-refractivity contribution in [2.24, 2.45) is 13.0 Å². The van der Waals surface area contributed by atoms with Crippen molar-refractivity contribution in [1.82, 2.24) is 29.5 Å². The molecule has 3 atom stereocenters. The summed E-state index contributed by atoms with van der Waals surface area (Å²) in [4.78, 5) is 16.8. The lowest BCUT2D eigenvalue weighted by Gasteiger charge is -2.14. The molecule has 136 valence electrons. The zero-order valence-electron chi connectivity index (χ0n) is 14.8. The minimum Gasteiger partial charge on any atom is -0.393 e. The fourth-order valence-corrected chi connectivity index (χ4v) is 3.70. The van der Waals surface area contributed by atoms with E-state index in [9.17, 15) is 9.90 Å². The number of hydrogen-bond donors (Lipinski definition) is 2. The number of carbonyl (C=O) groups is 1. The van der Waals surface area contributed by atoms with E-state index in [1.54, 1.807) is 12.5 Å². The first kappa shape index (κ1) is 16.7. The number of nitrogens with one attached hydrogen (secondary N) is 1. The molecule has 3 aromatic heterocycles. The molecular weight excluding hydrogens is 332 g/mol. The first-order chi connectivity index (χ1) is 12.5. The van der Waals surface area contributed by atoms with E-state index in [1.165, 1.54) is 0 Å². The summed E-state index contributed by atoms with van der Waals surface area (Å²) in [5, 5.41) is 21.3. The molecule has 1 amide bonds. The Morgan fingerprint density at radius 2 is 2.27 bits per heavy atom. The number of amides is 1. The van der Waals surface area contributed by atoms with Crippen LogP contribution >= 0.6 is 0 Å². The van der Waals surface area contributed by atoms with Crippen LogP contribution in [0.4, 0.5) is 0 Å². The van der Waals surface area contributed by atoms with Crippen molar-refractivity contribution in [3.8, 4) is 0 Å². The van der Waals surface area contributed by atoms with Gasteiger partial charge >= 0.3 is 0 Å². The number of aromatic nitrogens is 5. The molecule has 0 unspecified atom stereocenters. The van der Waals surface area contributed by atoms with Crippen LogP contribution in [0.15, 0.2) is 30.9 Å². The van der Waals surface area contributed by atoms with Crippen molar-refractivity contribution in [3.63, 3.8) is 0 Å². The van der Waals surface area contributed by atoms with Gasteiger partial charge in [-0.2, -0.15) is 0 Å². The predicted octanol–water partition coefficient (Wildman–Crippen LogP) is 1.06. The zero-order valence-corrected chi connectivity index (χ0v) is 14.8. The number of nitrogens with zero attached hydrogens (tertiary/aromatic N) is 5. The van der Waals surface area contributed by atoms with Gasteiger partial charge in [-0.1, -0.05) is 0 Å². The monoisotopic (exact) mass is 354 g/mol. The Hall–Kier alpha value is -2.74. The molecule has 8 heteroatoms. The van der Waals surface area contributed by atoms with Gasteiger partial charge in [0, 0.05) is 37.8 Å². The number of rotatable bonds is 4. The first-order valence-electron chi connectivity index (χ1n) is 8.77. The van der Waals surface area contributed by atoms with Crippen molar-refractivity contribution in [3.05, 3.63) is 47.9 Å². The maximum atomic E-state index is 12.4. The summed E-state index contributed by atoms with van der Waals surface area (Å²) in [7, 11) is 1.90. The number of aliphatic hydroxyl groups excluding tert-OH is 1. The summed E-state index contributed by atoms with van der Waals surface area (Å²) < 4.78 is 3.72. The van der Waals surface area contributed by atoms with E-state index in [0.29, 0.717) is 18.7 Å². The van der Waals surface area contributed by atoms with E-state index in [0.717, 1.165) is 23.5 Å². The number of imidazole rings is 1. The Balaban J connectivity index is 1.40. The van der Waals surface area contributed by atoms with Gasteiger partial charge in [-0.25, -0.2) is 4.98 Å². The number of aliphatic hydroxyl groups is 1. The van der Waals surface area contributed by atoms with Gasteiger partial charge in [0.05, 0.1) is 6.10 Å². The third kappa shape index (κ3) is 3.08. The molecule has 0 spiro atoms. The Morgan fingerprint density at radius 3 is 3.04 bits per heavy atom. The summed E-state index contributed by atoms with van der Waals surface area (Å²) in [6, 6.07) is 3.90. The van der Waals surface area contributed by atoms with E-state index in [2.05, 4.69) is 20.5 Å². The third-order valence-corrected chi connectivity index (χ3v) is 5.14. The van der Waals surface area contributed by atoms with E-state index >= 15 is 0 Å². The van der Waals surface area contributed by atoms with Crippen molar-refractivity contribution in [1.29, 1.82) is 0 Å². The Morgan fingerprint density at radius 1 is 1.42 bits per heavy atom. The van der Waals surface area contributed by atoms with Crippen molar-refractivity contribution in [2.75, 3.05) is 6.54 Å². The second-order valence-electron chi connectivity index (χ2n) is 7.10. The molecule has 0 bridgehead atoms. The van der Waals surface area contributed by atoms with Gasteiger partial charge in [-0.15, -0.1) is 10.2 Å². The van der Waals surface area contributed by atoms with Gasteiger partial charge in [0.15, 0.2) is 0 Å². The maximum Gasteiger partial charge on any atom is 0.271 e. The van der Waals surface area contributed by atoms with Crippen LogP contribution in [0.2, 0.25) is 0 Å². The van der Waals surface area contributed by atoms with E-state index < -0.39 is 6.10 Å². The van der Waals surface area contributed by atoms with Crippen LogP contribution in [0.1, 0.15) is 40.6 Å². The number of carbonyl (C=O) groups excluding carboxylic acids is 1. The number of aryl methyl sites for hydroxylation is 2. The molecule has 0 radical (unpaired) electrons. The third-order valence-electron chi connectivity index (χ3n) is 5.14. The number of pyridine rings is 1. The summed E-state index contributed by atoms with van der Waals surface area (Å²) in [6.07, 6.45) is 6.24. The van der Waals surface area contributed by atoms with Crippen LogP contribution in [0.3, 0.4) is 0 Å². The highest BCUT2D eigenvalue weighted by Crippen LogP contribution is 2.37. The Bertz CT molecular complexity index is 946. The highest BCUT2D eigenvalue weighted by molar-refractivity contribution is 5.92. The molecular formula is C18H22N6O2. The minimum atomic E-state index is -0.458. The molecule has 1 aliphatic rings. The Labute approximate surface area is 150 Å². The lowest BCUT2D eigenvalue weighted by atomic mass is 10.0. The summed E-state index contributed by atoms with van der Waals surface area (Å²) >= 11 is 0. The fraction of sp³-hybridized carbons (Fsp3) is 0.444. The molecule has 1 saturated carbocycles. The average molecular weight is 354 g/mol. The number of fused-ring (bicyclic) bond motifs is 1. The smallest absolute Gasteiger partial charge is 0.271 e. The summed E-state index contributed by atoms with van der Waals surface area (Å²) in [6.45, 7) is 2.41. The van der Waals surface area contributed by atoms with Crippen LogP contribution in [-0.4, -0.2) is 47.8 Å². The molecule has 26 heavy (non-hydrogen) atoms. The highest BCUT2D eigenvalue weighted by Gasteiger charge is 2.36. The molecule has 3 heterocycles. The lowest BCUT2D eigenvalue weighted by Crippen LogP contribution is -2.32. The quantitative estimate of drug-likeness (QED) is 0.730. The molecule has 1 aliphatic carbocycles. The first-order valence-corrected chi connectivity index (χ1v) is 8.77. The molecule has 2 N–H and O–H groups in total. The topological polar surface area (TPSA) is 97.3 Å². The van der Waals surface area contributed by atoms with E-state index in [-0.39, 0.29) is 17.7 Å². The zero-order chi connectivity index (χ0) is 18.3. The molecule has 0 saturated heterocycles. The molecule has 4 rings (SSSR count). The van der Waals surface area contributed by atoms with Gasteiger partial charge in [0.1, 0.15) is 23.5 Å². The lowest BCUT2D eigenvalue weighted by molar-refractivity contribution is 0.0912. The standard InChI is InChI=1S/C18H22N6O2/c1-11-3-4-24-9-14(21-16(24)5-11)18(26)19-8-13-6-12(7-15(13)25)17-22-20-10-23(17)2/h3-5,9-10,12-13,15,25H,6-8H2,1-2H3,(H,19,26)/t12-,13+,15+/m0/s1. The van der Waals surface area contributed by atoms with Crippen molar-refractivity contribution in [2.45, 2.75) is 31.8 Å². The summed E-state index contributed by atoms with van der Waals surface area (Å²) in [5.41, 5.74) is 2.23. The molecule has 0 aliphatic heterocycles. The normalized spacial score (nSPS) is 22.8. The number of hydrogen-bond acceptors (Lipinski definition) is 5. The largest absolute Gasteiger partial charge is 0.393 e. The minimum absolute atomic E-state index is 0.0000687. The van der Waals surface area contributed by atoms with Gasteiger partial charge in [0.2, 0.25) is 0 Å². The molecule has 0 aromatic carbocycles.